The molecule has 1 amide bonds. The van der Waals surface area contributed by atoms with Crippen molar-refractivity contribution >= 4 is 16.7 Å². The Morgan fingerprint density at radius 3 is 2.60 bits per heavy atom. The minimum atomic E-state index is -0.238. The van der Waals surface area contributed by atoms with Gasteiger partial charge in [-0.1, -0.05) is 32.0 Å². The molecular weight excluding hydrogens is 254 g/mol. The van der Waals surface area contributed by atoms with Crippen molar-refractivity contribution < 1.29 is 4.79 Å². The van der Waals surface area contributed by atoms with E-state index in [0.717, 1.165) is 6.42 Å². The molecule has 1 heterocycles. The van der Waals surface area contributed by atoms with Crippen molar-refractivity contribution in [2.45, 2.75) is 20.3 Å². The van der Waals surface area contributed by atoms with Crippen molar-refractivity contribution in [3.8, 4) is 0 Å². The Morgan fingerprint density at radius 1 is 1.30 bits per heavy atom. The van der Waals surface area contributed by atoms with E-state index in [4.69, 9.17) is 0 Å². The highest BCUT2D eigenvalue weighted by Gasteiger charge is 2.14. The maximum absolute atomic E-state index is 12.2. The lowest BCUT2D eigenvalue weighted by molar-refractivity contribution is 0.0946. The van der Waals surface area contributed by atoms with Crippen LogP contribution in [0.25, 0.3) is 10.8 Å². The number of amides is 1. The molecule has 20 heavy (non-hydrogen) atoms. The van der Waals surface area contributed by atoms with Crippen LogP contribution >= 0.6 is 0 Å². The smallest absolute Gasteiger partial charge is 0.274 e. The third-order valence-electron chi connectivity index (χ3n) is 3.18. The molecule has 1 aromatic carbocycles. The summed E-state index contributed by atoms with van der Waals surface area (Å²) in [4.78, 5) is 24.2. The summed E-state index contributed by atoms with van der Waals surface area (Å²) in [5, 5.41) is 8.05. The molecule has 0 aliphatic rings. The molecule has 5 heteroatoms. The molecule has 2 rings (SSSR count). The van der Waals surface area contributed by atoms with Crippen LogP contribution in [0.1, 0.15) is 30.8 Å². The van der Waals surface area contributed by atoms with Crippen LogP contribution in [0.15, 0.2) is 29.1 Å². The van der Waals surface area contributed by atoms with Crippen molar-refractivity contribution in [2.75, 3.05) is 6.54 Å². The van der Waals surface area contributed by atoms with Crippen molar-refractivity contribution in [3.63, 3.8) is 0 Å². The number of nitrogens with zero attached hydrogens (tertiary/aromatic N) is 2. The van der Waals surface area contributed by atoms with Gasteiger partial charge < -0.3 is 5.32 Å². The van der Waals surface area contributed by atoms with Crippen LogP contribution in [-0.4, -0.2) is 22.2 Å². The Bertz CT molecular complexity index is 689. The van der Waals surface area contributed by atoms with E-state index in [1.54, 1.807) is 31.3 Å². The van der Waals surface area contributed by atoms with E-state index in [-0.39, 0.29) is 11.5 Å². The number of hydrogen-bond donors (Lipinski definition) is 1. The van der Waals surface area contributed by atoms with Crippen LogP contribution < -0.4 is 10.9 Å². The number of carbonyl (C=O) groups is 1. The summed E-state index contributed by atoms with van der Waals surface area (Å²) in [5.74, 6) is 0.289. The Labute approximate surface area is 117 Å². The van der Waals surface area contributed by atoms with Crippen LogP contribution in [0.2, 0.25) is 0 Å². The molecule has 0 radical (unpaired) electrons. The fourth-order valence-electron chi connectivity index (χ4n) is 2.03. The first kappa shape index (κ1) is 14.2. The summed E-state index contributed by atoms with van der Waals surface area (Å²) in [6.07, 6.45) is 0.912. The predicted octanol–water partition coefficient (Wildman–Crippen LogP) is 1.71. The molecule has 1 aromatic heterocycles. The van der Waals surface area contributed by atoms with E-state index in [1.165, 1.54) is 4.68 Å². The second-order valence-electron chi connectivity index (χ2n) is 5.26. The molecule has 0 fully saturated rings. The fourth-order valence-corrected chi connectivity index (χ4v) is 2.03. The van der Waals surface area contributed by atoms with Crippen molar-refractivity contribution in [3.05, 3.63) is 40.3 Å². The first-order chi connectivity index (χ1) is 9.50. The van der Waals surface area contributed by atoms with Gasteiger partial charge in [-0.15, -0.1) is 0 Å². The zero-order chi connectivity index (χ0) is 14.7. The normalized spacial score (nSPS) is 11.0. The highest BCUT2D eigenvalue weighted by atomic mass is 16.2. The summed E-state index contributed by atoms with van der Waals surface area (Å²) in [6, 6.07) is 7.05. The molecule has 0 aliphatic heterocycles. The van der Waals surface area contributed by atoms with Gasteiger partial charge in [-0.2, -0.15) is 5.10 Å². The van der Waals surface area contributed by atoms with Crippen LogP contribution in [0.5, 0.6) is 0 Å². The summed E-state index contributed by atoms with van der Waals surface area (Å²) in [6.45, 7) is 4.81. The molecule has 106 valence electrons. The molecule has 0 bridgehead atoms. The standard InChI is InChI=1S/C15H19N3O2/c1-10(2)8-9-16-14(19)13-11-6-4-5-7-12(11)15(20)18(3)17-13/h4-7,10H,8-9H2,1-3H3,(H,16,19). The molecule has 0 spiro atoms. The van der Waals surface area contributed by atoms with Gasteiger partial charge >= 0.3 is 0 Å². The third kappa shape index (κ3) is 2.87. The zero-order valence-corrected chi connectivity index (χ0v) is 12.0. The number of nitrogens with one attached hydrogen (secondary N) is 1. The van der Waals surface area contributed by atoms with E-state index in [9.17, 15) is 9.59 Å². The third-order valence-corrected chi connectivity index (χ3v) is 3.18. The largest absolute Gasteiger partial charge is 0.351 e. The van der Waals surface area contributed by atoms with E-state index >= 15 is 0 Å². The number of carbonyl (C=O) groups excluding carboxylic acids is 1. The quantitative estimate of drug-likeness (QED) is 0.922. The molecule has 2 aromatic rings. The monoisotopic (exact) mass is 273 g/mol. The molecule has 0 aliphatic carbocycles. The highest BCUT2D eigenvalue weighted by molar-refractivity contribution is 6.04. The van der Waals surface area contributed by atoms with Crippen molar-refractivity contribution in [1.82, 2.24) is 15.1 Å². The predicted molar refractivity (Wildman–Crippen MR) is 78.8 cm³/mol. The molecule has 5 nitrogen and oxygen atoms in total. The van der Waals surface area contributed by atoms with Crippen molar-refractivity contribution in [2.24, 2.45) is 13.0 Å². The number of aryl methyl sites for hydroxylation is 1. The maximum atomic E-state index is 12.2. The lowest BCUT2D eigenvalue weighted by Gasteiger charge is -2.09. The second kappa shape index (κ2) is 5.86. The van der Waals surface area contributed by atoms with Gasteiger partial charge in [0.25, 0.3) is 11.5 Å². The summed E-state index contributed by atoms with van der Waals surface area (Å²) in [5.41, 5.74) is 0.103. The molecule has 0 saturated heterocycles. The van der Waals surface area contributed by atoms with Crippen LogP contribution in [-0.2, 0) is 7.05 Å². The first-order valence-corrected chi connectivity index (χ1v) is 6.75. The molecule has 0 atom stereocenters. The van der Waals surface area contributed by atoms with Gasteiger partial charge in [-0.05, 0) is 18.4 Å². The van der Waals surface area contributed by atoms with Gasteiger partial charge in [-0.25, -0.2) is 4.68 Å². The van der Waals surface area contributed by atoms with E-state index in [1.807, 2.05) is 0 Å². The lowest BCUT2D eigenvalue weighted by Crippen LogP contribution is -2.30. The lowest BCUT2D eigenvalue weighted by atomic mass is 10.1. The Kier molecular flexibility index (Phi) is 4.17. The van der Waals surface area contributed by atoms with E-state index in [2.05, 4.69) is 24.3 Å². The van der Waals surface area contributed by atoms with Gasteiger partial charge in [0.05, 0.1) is 5.39 Å². The average Bonchev–Trinajstić information content (AvgIpc) is 2.42. The Balaban J connectivity index is 2.37. The van der Waals surface area contributed by atoms with Gasteiger partial charge in [0, 0.05) is 19.0 Å². The van der Waals surface area contributed by atoms with Crippen LogP contribution in [0.4, 0.5) is 0 Å². The fraction of sp³-hybridized carbons (Fsp3) is 0.400. The maximum Gasteiger partial charge on any atom is 0.274 e. The van der Waals surface area contributed by atoms with E-state index < -0.39 is 0 Å². The highest BCUT2D eigenvalue weighted by Crippen LogP contribution is 2.12. The van der Waals surface area contributed by atoms with Crippen LogP contribution in [0, 0.1) is 5.92 Å². The molecular formula is C15H19N3O2. The summed E-state index contributed by atoms with van der Waals surface area (Å²) in [7, 11) is 1.56. The average molecular weight is 273 g/mol. The minimum Gasteiger partial charge on any atom is -0.351 e. The molecule has 0 saturated carbocycles. The second-order valence-corrected chi connectivity index (χ2v) is 5.26. The molecule has 0 unspecified atom stereocenters. The molecule has 1 N–H and O–H groups in total. The van der Waals surface area contributed by atoms with Gasteiger partial charge in [0.15, 0.2) is 5.69 Å². The topological polar surface area (TPSA) is 64.0 Å². The minimum absolute atomic E-state index is 0.195. The first-order valence-electron chi connectivity index (χ1n) is 6.75. The van der Waals surface area contributed by atoms with Gasteiger partial charge in [0.2, 0.25) is 0 Å². The SMILES string of the molecule is CC(C)CCNC(=O)c1nn(C)c(=O)c2ccccc12. The zero-order valence-electron chi connectivity index (χ0n) is 12.0. The van der Waals surface area contributed by atoms with Gasteiger partial charge in [-0.3, -0.25) is 9.59 Å². The number of benzene rings is 1. The number of aromatic nitrogens is 2. The summed E-state index contributed by atoms with van der Waals surface area (Å²) < 4.78 is 1.21. The Hall–Kier alpha value is -2.17. The van der Waals surface area contributed by atoms with Crippen LogP contribution in [0.3, 0.4) is 0 Å². The van der Waals surface area contributed by atoms with Gasteiger partial charge in [0.1, 0.15) is 0 Å². The Morgan fingerprint density at radius 2 is 1.95 bits per heavy atom. The number of fused-ring (bicyclic) bond motifs is 1. The number of hydrogen-bond acceptors (Lipinski definition) is 3. The van der Waals surface area contributed by atoms with Crippen molar-refractivity contribution in [1.29, 1.82) is 0 Å². The number of rotatable bonds is 4. The summed E-state index contributed by atoms with van der Waals surface area (Å²) >= 11 is 0. The van der Waals surface area contributed by atoms with E-state index in [0.29, 0.717) is 28.9 Å².